The molecule has 5 aromatic rings. The van der Waals surface area contributed by atoms with E-state index in [1.165, 1.54) is 5.56 Å². The first-order valence-electron chi connectivity index (χ1n) is 12.3. The highest BCUT2D eigenvalue weighted by Gasteiger charge is 2.39. The number of ether oxygens (including phenoxy) is 1. The van der Waals surface area contributed by atoms with Crippen LogP contribution in [0.15, 0.2) is 90.1 Å². The molecule has 6 heteroatoms. The van der Waals surface area contributed by atoms with Crippen molar-refractivity contribution in [2.24, 2.45) is 14.1 Å². The Morgan fingerprint density at radius 3 is 2.30 bits per heavy atom. The summed E-state index contributed by atoms with van der Waals surface area (Å²) in [6.07, 6.45) is 3.64. The van der Waals surface area contributed by atoms with Crippen molar-refractivity contribution in [2.45, 2.75) is 25.4 Å². The SMILES string of the molecule is COC(c1ccc(C(C)C)cc1)(c1ccc2c(c1)c(-c1cccc(Cl)c1)cc(=O)n2C)c1cncn1C. The molecule has 0 amide bonds. The molecule has 188 valence electrons. The largest absolute Gasteiger partial charge is 0.362 e. The van der Waals surface area contributed by atoms with Crippen molar-refractivity contribution >= 4 is 22.5 Å². The molecule has 2 heterocycles. The van der Waals surface area contributed by atoms with Crippen molar-refractivity contribution in [3.63, 3.8) is 0 Å². The predicted molar refractivity (Wildman–Crippen MR) is 150 cm³/mol. The maximum Gasteiger partial charge on any atom is 0.251 e. The topological polar surface area (TPSA) is 49.1 Å². The average molecular weight is 512 g/mol. The van der Waals surface area contributed by atoms with Gasteiger partial charge in [0.2, 0.25) is 0 Å². The zero-order chi connectivity index (χ0) is 26.3. The Balaban J connectivity index is 1.84. The number of hydrogen-bond donors (Lipinski definition) is 0. The average Bonchev–Trinajstić information content (AvgIpc) is 3.33. The van der Waals surface area contributed by atoms with Crippen molar-refractivity contribution < 1.29 is 4.74 Å². The van der Waals surface area contributed by atoms with Crippen molar-refractivity contribution in [3.8, 4) is 11.1 Å². The van der Waals surface area contributed by atoms with Gasteiger partial charge in [-0.1, -0.05) is 67.9 Å². The number of pyridine rings is 1. The van der Waals surface area contributed by atoms with Gasteiger partial charge in [-0.3, -0.25) is 4.79 Å². The monoisotopic (exact) mass is 511 g/mol. The Morgan fingerprint density at radius 2 is 1.68 bits per heavy atom. The Kier molecular flexibility index (Phi) is 6.52. The molecule has 37 heavy (non-hydrogen) atoms. The minimum Gasteiger partial charge on any atom is -0.362 e. The molecule has 0 saturated heterocycles. The summed E-state index contributed by atoms with van der Waals surface area (Å²) in [5.41, 5.74) is 5.64. The number of aromatic nitrogens is 3. The van der Waals surface area contributed by atoms with Gasteiger partial charge in [0.1, 0.15) is 0 Å². The number of hydrogen-bond acceptors (Lipinski definition) is 3. The first-order chi connectivity index (χ1) is 17.8. The maximum atomic E-state index is 12.9. The van der Waals surface area contributed by atoms with Crippen LogP contribution < -0.4 is 5.56 Å². The molecule has 0 saturated carbocycles. The zero-order valence-corrected chi connectivity index (χ0v) is 22.5. The van der Waals surface area contributed by atoms with Gasteiger partial charge in [-0.15, -0.1) is 0 Å². The van der Waals surface area contributed by atoms with Crippen LogP contribution in [0, 0.1) is 0 Å². The van der Waals surface area contributed by atoms with Crippen LogP contribution in [0.1, 0.15) is 42.1 Å². The molecule has 1 unspecified atom stereocenters. The number of fused-ring (bicyclic) bond motifs is 1. The predicted octanol–water partition coefficient (Wildman–Crippen LogP) is 6.65. The fourth-order valence-corrected chi connectivity index (χ4v) is 5.37. The third kappa shape index (κ3) is 4.18. The lowest BCUT2D eigenvalue weighted by Gasteiger charge is -2.34. The number of benzene rings is 3. The fraction of sp³-hybridized carbons (Fsp3) is 0.226. The van der Waals surface area contributed by atoms with Crippen LogP contribution in [0.3, 0.4) is 0 Å². The summed E-state index contributed by atoms with van der Waals surface area (Å²) in [5.74, 6) is 0.421. The van der Waals surface area contributed by atoms with Gasteiger partial charge < -0.3 is 13.9 Å². The quantitative estimate of drug-likeness (QED) is 0.256. The van der Waals surface area contributed by atoms with E-state index in [-0.39, 0.29) is 5.56 Å². The Morgan fingerprint density at radius 1 is 0.946 bits per heavy atom. The fourth-order valence-electron chi connectivity index (χ4n) is 5.18. The van der Waals surface area contributed by atoms with E-state index in [9.17, 15) is 4.79 Å². The molecule has 2 aromatic heterocycles. The number of rotatable bonds is 6. The minimum atomic E-state index is -0.921. The van der Waals surface area contributed by atoms with Gasteiger partial charge in [0.25, 0.3) is 5.56 Å². The second-order valence-corrected chi connectivity index (χ2v) is 10.2. The molecular weight excluding hydrogens is 482 g/mol. The first kappa shape index (κ1) is 25.0. The molecule has 0 bridgehead atoms. The number of aryl methyl sites for hydroxylation is 2. The summed E-state index contributed by atoms with van der Waals surface area (Å²) in [6.45, 7) is 4.37. The zero-order valence-electron chi connectivity index (χ0n) is 21.7. The van der Waals surface area contributed by atoms with E-state index in [2.05, 4.69) is 49.2 Å². The summed E-state index contributed by atoms with van der Waals surface area (Å²) in [6, 6.07) is 24.0. The lowest BCUT2D eigenvalue weighted by Crippen LogP contribution is -2.34. The van der Waals surface area contributed by atoms with Gasteiger partial charge in [0.05, 0.1) is 23.7 Å². The standard InChI is InChI=1S/C31H30ClN3O2/c1-20(2)21-9-11-23(12-10-21)31(37-5,29-18-33-19-34(29)3)24-13-14-28-27(16-24)26(17-30(36)35(28)4)22-7-6-8-25(32)15-22/h6-20H,1-5H3. The molecule has 5 nitrogen and oxygen atoms in total. The molecule has 0 fully saturated rings. The molecule has 0 aliphatic carbocycles. The van der Waals surface area contributed by atoms with Gasteiger partial charge in [-0.25, -0.2) is 4.98 Å². The second kappa shape index (κ2) is 9.66. The lowest BCUT2D eigenvalue weighted by molar-refractivity contribution is 0.0524. The summed E-state index contributed by atoms with van der Waals surface area (Å²) < 4.78 is 10.1. The Hall–Kier alpha value is -3.67. The highest BCUT2D eigenvalue weighted by molar-refractivity contribution is 6.30. The van der Waals surface area contributed by atoms with Gasteiger partial charge >= 0.3 is 0 Å². The van der Waals surface area contributed by atoms with E-state index in [4.69, 9.17) is 16.3 Å². The molecule has 0 radical (unpaired) electrons. The number of halogens is 1. The second-order valence-electron chi connectivity index (χ2n) is 9.75. The summed E-state index contributed by atoms with van der Waals surface area (Å²) in [4.78, 5) is 17.3. The van der Waals surface area contributed by atoms with Gasteiger partial charge in [0, 0.05) is 37.7 Å². The summed E-state index contributed by atoms with van der Waals surface area (Å²) in [5, 5.41) is 1.55. The van der Waals surface area contributed by atoms with E-state index in [0.717, 1.165) is 38.9 Å². The Bertz CT molecular complexity index is 1650. The van der Waals surface area contributed by atoms with Gasteiger partial charge in [-0.05, 0) is 58.0 Å². The summed E-state index contributed by atoms with van der Waals surface area (Å²) >= 11 is 6.33. The van der Waals surface area contributed by atoms with Crippen LogP contribution in [-0.4, -0.2) is 21.2 Å². The minimum absolute atomic E-state index is 0.0795. The molecule has 0 spiro atoms. The smallest absolute Gasteiger partial charge is 0.251 e. The van der Waals surface area contributed by atoms with Crippen molar-refractivity contribution in [3.05, 3.63) is 123 Å². The molecule has 1 atom stereocenters. The van der Waals surface area contributed by atoms with E-state index >= 15 is 0 Å². The van der Waals surface area contributed by atoms with Crippen LogP contribution in [0.4, 0.5) is 0 Å². The third-order valence-corrected chi connectivity index (χ3v) is 7.49. The normalized spacial score (nSPS) is 13.3. The number of nitrogens with zero attached hydrogens (tertiary/aromatic N) is 3. The number of imidazole rings is 1. The van der Waals surface area contributed by atoms with Crippen molar-refractivity contribution in [2.75, 3.05) is 7.11 Å². The molecule has 0 N–H and O–H groups in total. The third-order valence-electron chi connectivity index (χ3n) is 7.26. The Labute approximate surface area is 221 Å². The van der Waals surface area contributed by atoms with E-state index < -0.39 is 5.60 Å². The van der Waals surface area contributed by atoms with E-state index in [1.807, 2.05) is 54.2 Å². The molecule has 0 aliphatic rings. The number of methoxy groups -OCH3 is 1. The molecule has 0 aliphatic heterocycles. The molecule has 5 rings (SSSR count). The summed E-state index contributed by atoms with van der Waals surface area (Å²) in [7, 11) is 5.49. The van der Waals surface area contributed by atoms with Crippen LogP contribution in [0.5, 0.6) is 0 Å². The van der Waals surface area contributed by atoms with E-state index in [1.54, 1.807) is 31.1 Å². The first-order valence-corrected chi connectivity index (χ1v) is 12.7. The molecule has 3 aromatic carbocycles. The highest BCUT2D eigenvalue weighted by atomic mass is 35.5. The van der Waals surface area contributed by atoms with Gasteiger partial charge in [-0.2, -0.15) is 0 Å². The maximum absolute atomic E-state index is 12.9. The van der Waals surface area contributed by atoms with E-state index in [0.29, 0.717) is 10.9 Å². The lowest BCUT2D eigenvalue weighted by atomic mass is 9.81. The molecular formula is C31H30ClN3O2. The van der Waals surface area contributed by atoms with Crippen molar-refractivity contribution in [1.29, 1.82) is 0 Å². The van der Waals surface area contributed by atoms with Crippen molar-refractivity contribution in [1.82, 2.24) is 14.1 Å². The highest BCUT2D eigenvalue weighted by Crippen LogP contribution is 2.42. The van der Waals surface area contributed by atoms with Crippen LogP contribution >= 0.6 is 11.6 Å². The van der Waals surface area contributed by atoms with Crippen LogP contribution in [-0.2, 0) is 24.4 Å². The van der Waals surface area contributed by atoms with Crippen LogP contribution in [0.25, 0.3) is 22.0 Å². The van der Waals surface area contributed by atoms with Gasteiger partial charge in [0.15, 0.2) is 5.60 Å². The van der Waals surface area contributed by atoms with Crippen LogP contribution in [0.2, 0.25) is 5.02 Å².